The monoisotopic (exact) mass is 547 g/mol. The first-order chi connectivity index (χ1) is 17.2. The van der Waals surface area contributed by atoms with Crippen molar-refractivity contribution in [3.05, 3.63) is 75.3 Å². The third kappa shape index (κ3) is 8.49. The summed E-state index contributed by atoms with van der Waals surface area (Å²) >= 11 is 0.0563. The average Bonchev–Trinajstić information content (AvgIpc) is 3.31. The van der Waals surface area contributed by atoms with Crippen molar-refractivity contribution in [1.82, 2.24) is 14.3 Å². The van der Waals surface area contributed by atoms with Crippen molar-refractivity contribution in [3.63, 3.8) is 0 Å². The molecule has 1 N–H and O–H groups in total. The van der Waals surface area contributed by atoms with Gasteiger partial charge >= 0.3 is 5.97 Å². The second kappa shape index (κ2) is 11.9. The van der Waals surface area contributed by atoms with E-state index in [9.17, 15) is 18.5 Å². The SMILES string of the molecule is CC(C)(C)OC(=O)Cn1c(-c2cccs2)nc(CC[C@H](N[S@+]([O-])C(C)(C)C)c2ccc(F)cc2)cc1=O. The standard InChI is InChI=1S/C27H34FN3O4S2/c1-26(2,3)35-24(33)17-31-23(32)16-20(29-25(31)22-8-7-15-36-22)13-14-21(30-37(34)27(4,5)6)18-9-11-19(28)12-10-18/h7-12,15-16,21,30H,13-14,17H2,1-6H3/t21-,37+/m0/s1. The number of esters is 1. The van der Waals surface area contributed by atoms with E-state index in [0.717, 1.165) is 10.4 Å². The maximum Gasteiger partial charge on any atom is 0.326 e. The topological polar surface area (TPSA) is 96.3 Å². The van der Waals surface area contributed by atoms with E-state index in [0.29, 0.717) is 24.4 Å². The van der Waals surface area contributed by atoms with Crippen molar-refractivity contribution in [1.29, 1.82) is 0 Å². The molecule has 2 heterocycles. The minimum atomic E-state index is -1.36. The third-order valence-electron chi connectivity index (χ3n) is 5.28. The van der Waals surface area contributed by atoms with Crippen molar-refractivity contribution in [2.45, 2.75) is 77.3 Å². The zero-order chi connectivity index (χ0) is 27.4. The van der Waals surface area contributed by atoms with Gasteiger partial charge in [-0.15, -0.1) is 16.1 Å². The van der Waals surface area contributed by atoms with Crippen LogP contribution >= 0.6 is 11.3 Å². The Hall–Kier alpha value is -2.53. The molecule has 7 nitrogen and oxygen atoms in total. The van der Waals surface area contributed by atoms with Gasteiger partial charge in [0.05, 0.1) is 10.9 Å². The Bertz CT molecular complexity index is 1250. The van der Waals surface area contributed by atoms with Crippen molar-refractivity contribution >= 4 is 28.7 Å². The summed E-state index contributed by atoms with van der Waals surface area (Å²) in [5, 5.41) is 1.88. The molecule has 0 saturated carbocycles. The van der Waals surface area contributed by atoms with Crippen LogP contribution in [0.1, 0.15) is 65.3 Å². The van der Waals surface area contributed by atoms with Crippen molar-refractivity contribution in [2.24, 2.45) is 0 Å². The van der Waals surface area contributed by atoms with E-state index in [1.54, 1.807) is 32.9 Å². The molecule has 0 unspecified atom stereocenters. The number of aromatic nitrogens is 2. The lowest BCUT2D eigenvalue weighted by atomic mass is 10.0. The zero-order valence-corrected chi connectivity index (χ0v) is 23.7. The van der Waals surface area contributed by atoms with E-state index in [4.69, 9.17) is 9.72 Å². The molecule has 0 fully saturated rings. The van der Waals surface area contributed by atoms with Crippen LogP contribution in [0.15, 0.2) is 52.6 Å². The van der Waals surface area contributed by atoms with Gasteiger partial charge in [0.1, 0.15) is 22.7 Å². The first-order valence-electron chi connectivity index (χ1n) is 12.0. The number of thiophene rings is 1. The predicted octanol–water partition coefficient (Wildman–Crippen LogP) is 5.18. The fraction of sp³-hybridized carbons (Fsp3) is 0.444. The van der Waals surface area contributed by atoms with Crippen LogP contribution in [0.5, 0.6) is 0 Å². The van der Waals surface area contributed by atoms with Gasteiger partial charge in [-0.05, 0) is 83.5 Å². The molecular formula is C27H34FN3O4S2. The molecule has 0 aliphatic rings. The van der Waals surface area contributed by atoms with Crippen LogP contribution in [0, 0.1) is 5.82 Å². The highest BCUT2D eigenvalue weighted by Gasteiger charge is 2.30. The summed E-state index contributed by atoms with van der Waals surface area (Å²) in [5.41, 5.74) is 0.302. The van der Waals surface area contributed by atoms with Gasteiger partial charge in [-0.3, -0.25) is 14.2 Å². The normalized spacial score (nSPS) is 13.8. The zero-order valence-electron chi connectivity index (χ0n) is 22.0. The summed E-state index contributed by atoms with van der Waals surface area (Å²) in [6.07, 6.45) is 0.872. The molecule has 0 radical (unpaired) electrons. The van der Waals surface area contributed by atoms with Crippen LogP contribution < -0.4 is 10.3 Å². The van der Waals surface area contributed by atoms with Crippen molar-refractivity contribution in [3.8, 4) is 10.7 Å². The number of hydrogen-bond donors (Lipinski definition) is 1. The second-order valence-electron chi connectivity index (χ2n) is 10.7. The third-order valence-corrected chi connectivity index (χ3v) is 7.75. The number of aryl methyl sites for hydroxylation is 1. The Labute approximate surface area is 224 Å². The second-order valence-corrected chi connectivity index (χ2v) is 13.6. The highest BCUT2D eigenvalue weighted by molar-refractivity contribution is 7.90. The number of nitrogens with zero attached hydrogens (tertiary/aromatic N) is 2. The van der Waals surface area contributed by atoms with Gasteiger partial charge in [0.15, 0.2) is 5.82 Å². The van der Waals surface area contributed by atoms with Crippen LogP contribution in [-0.4, -0.2) is 30.4 Å². The van der Waals surface area contributed by atoms with Gasteiger partial charge in [0, 0.05) is 23.1 Å². The number of carbonyl (C=O) groups is 1. The minimum Gasteiger partial charge on any atom is -0.598 e. The Morgan fingerprint density at radius 2 is 1.86 bits per heavy atom. The first-order valence-corrected chi connectivity index (χ1v) is 14.1. The number of benzene rings is 1. The van der Waals surface area contributed by atoms with Gasteiger partial charge in [-0.2, -0.15) is 0 Å². The molecule has 0 spiro atoms. The number of ether oxygens (including phenoxy) is 1. The summed E-state index contributed by atoms with van der Waals surface area (Å²) in [6, 6.07) is 10.8. The molecule has 0 aliphatic carbocycles. The molecule has 0 aliphatic heterocycles. The quantitative estimate of drug-likeness (QED) is 0.293. The van der Waals surface area contributed by atoms with E-state index in [1.807, 2.05) is 38.3 Å². The molecular weight excluding hydrogens is 513 g/mol. The van der Waals surface area contributed by atoms with E-state index in [2.05, 4.69) is 4.72 Å². The van der Waals surface area contributed by atoms with Crippen LogP contribution in [0.3, 0.4) is 0 Å². The van der Waals surface area contributed by atoms with Gasteiger partial charge in [-0.1, -0.05) is 18.2 Å². The molecule has 200 valence electrons. The van der Waals surface area contributed by atoms with Crippen LogP contribution in [0.2, 0.25) is 0 Å². The number of hydrogen-bond acceptors (Lipinski definition) is 7. The highest BCUT2D eigenvalue weighted by atomic mass is 32.2. The molecule has 3 rings (SSSR count). The lowest BCUT2D eigenvalue weighted by Crippen LogP contribution is -2.41. The summed E-state index contributed by atoms with van der Waals surface area (Å²) in [5.74, 6) is -0.476. The van der Waals surface area contributed by atoms with E-state index < -0.39 is 27.7 Å². The molecule has 0 bridgehead atoms. The number of halogens is 1. The van der Waals surface area contributed by atoms with Crippen molar-refractivity contribution < 1.29 is 18.5 Å². The van der Waals surface area contributed by atoms with Crippen LogP contribution in [0.4, 0.5) is 4.39 Å². The van der Waals surface area contributed by atoms with E-state index in [1.165, 1.54) is 34.1 Å². The number of rotatable bonds is 9. The fourth-order valence-corrected chi connectivity index (χ4v) is 5.11. The van der Waals surface area contributed by atoms with Gasteiger partial charge in [0.25, 0.3) is 5.56 Å². The van der Waals surface area contributed by atoms with Gasteiger partial charge in [0.2, 0.25) is 0 Å². The van der Waals surface area contributed by atoms with Gasteiger partial charge < -0.3 is 9.29 Å². The molecule has 2 aromatic heterocycles. The van der Waals surface area contributed by atoms with Crippen LogP contribution in [0.25, 0.3) is 10.7 Å². The largest absolute Gasteiger partial charge is 0.598 e. The predicted molar refractivity (Wildman–Crippen MR) is 146 cm³/mol. The maximum absolute atomic E-state index is 13.5. The Balaban J connectivity index is 1.90. The summed E-state index contributed by atoms with van der Waals surface area (Å²) in [4.78, 5) is 31.1. The molecule has 0 amide bonds. The molecule has 3 aromatic rings. The maximum atomic E-state index is 13.5. The summed E-state index contributed by atoms with van der Waals surface area (Å²) < 4.78 is 35.8. The summed E-state index contributed by atoms with van der Waals surface area (Å²) in [6.45, 7) is 10.7. The fourth-order valence-electron chi connectivity index (χ4n) is 3.52. The molecule has 1 aromatic carbocycles. The molecule has 10 heteroatoms. The minimum absolute atomic E-state index is 0.249. The lowest BCUT2D eigenvalue weighted by Gasteiger charge is -2.28. The summed E-state index contributed by atoms with van der Waals surface area (Å²) in [7, 11) is 0. The van der Waals surface area contributed by atoms with E-state index in [-0.39, 0.29) is 24.0 Å². The molecule has 2 atom stereocenters. The Morgan fingerprint density at radius 3 is 2.43 bits per heavy atom. The Morgan fingerprint density at radius 1 is 1.19 bits per heavy atom. The lowest BCUT2D eigenvalue weighted by molar-refractivity contribution is -0.155. The number of carbonyl (C=O) groups excluding carboxylic acids is 1. The first kappa shape index (κ1) is 29.0. The molecule has 0 saturated heterocycles. The Kier molecular flexibility index (Phi) is 9.33. The van der Waals surface area contributed by atoms with Crippen molar-refractivity contribution in [2.75, 3.05) is 0 Å². The smallest absolute Gasteiger partial charge is 0.326 e. The molecule has 37 heavy (non-hydrogen) atoms. The highest BCUT2D eigenvalue weighted by Crippen LogP contribution is 2.26. The van der Waals surface area contributed by atoms with E-state index >= 15 is 0 Å². The van der Waals surface area contributed by atoms with Crippen LogP contribution in [-0.2, 0) is 33.9 Å². The number of nitrogens with one attached hydrogen (secondary N) is 1. The van der Waals surface area contributed by atoms with Gasteiger partial charge in [-0.25, -0.2) is 9.37 Å². The average molecular weight is 548 g/mol.